The van der Waals surface area contributed by atoms with Crippen molar-refractivity contribution in [3.05, 3.63) is 64.7 Å². The molecule has 2 rings (SSSR count). The van der Waals surface area contributed by atoms with Crippen LogP contribution in [0, 0.1) is 0 Å². The lowest BCUT2D eigenvalue weighted by atomic mass is 10.1. The van der Waals surface area contributed by atoms with Gasteiger partial charge >= 0.3 is 6.18 Å². The van der Waals surface area contributed by atoms with E-state index in [0.717, 1.165) is 5.56 Å². The van der Waals surface area contributed by atoms with E-state index >= 15 is 0 Å². The predicted octanol–water partition coefficient (Wildman–Crippen LogP) is 3.86. The van der Waals surface area contributed by atoms with Crippen LogP contribution in [0.25, 0.3) is 0 Å². The largest absolute Gasteiger partial charge is 0.463 e. The Morgan fingerprint density at radius 2 is 1.78 bits per heavy atom. The molecule has 3 nitrogen and oxygen atoms in total. The number of hydrogen-bond acceptors (Lipinski definition) is 3. The van der Waals surface area contributed by atoms with Crippen LogP contribution < -0.4 is 15.8 Å². The standard InChI is InChI=1S/C16H16ClF3N2O/c17-13-6-4-11(5-7-13)10-22-15(21)23-14-3-1-2-12(8-14)9-16(18,19)20/h1-8,15,22H,9-10,21H2. The molecule has 0 bridgehead atoms. The molecule has 0 heterocycles. The van der Waals surface area contributed by atoms with Crippen LogP contribution in [0.4, 0.5) is 13.2 Å². The summed E-state index contributed by atoms with van der Waals surface area (Å²) in [5.41, 5.74) is 6.86. The second-order valence-electron chi connectivity index (χ2n) is 4.99. The fourth-order valence-electron chi connectivity index (χ4n) is 1.97. The highest BCUT2D eigenvalue weighted by Gasteiger charge is 2.27. The van der Waals surface area contributed by atoms with Crippen molar-refractivity contribution in [2.75, 3.05) is 0 Å². The SMILES string of the molecule is NC(NCc1ccc(Cl)cc1)Oc1cccc(CC(F)(F)F)c1. The zero-order chi connectivity index (χ0) is 16.9. The van der Waals surface area contributed by atoms with Crippen molar-refractivity contribution < 1.29 is 17.9 Å². The summed E-state index contributed by atoms with van der Waals surface area (Å²) < 4.78 is 42.5. The molecule has 3 N–H and O–H groups in total. The molecule has 2 aromatic carbocycles. The van der Waals surface area contributed by atoms with Crippen LogP contribution in [0.1, 0.15) is 11.1 Å². The van der Waals surface area contributed by atoms with Crippen LogP contribution in [0.2, 0.25) is 5.02 Å². The maximum Gasteiger partial charge on any atom is 0.393 e. The normalized spacial score (nSPS) is 12.9. The van der Waals surface area contributed by atoms with Gasteiger partial charge in [0.1, 0.15) is 5.75 Å². The molecule has 1 atom stereocenters. The number of nitrogens with two attached hydrogens (primary N) is 1. The number of ether oxygens (including phenoxy) is 1. The third-order valence-corrected chi connectivity index (χ3v) is 3.24. The highest BCUT2D eigenvalue weighted by Crippen LogP contribution is 2.23. The Bertz CT molecular complexity index is 632. The van der Waals surface area contributed by atoms with E-state index in [0.29, 0.717) is 11.6 Å². The molecule has 7 heteroatoms. The minimum absolute atomic E-state index is 0.125. The maximum atomic E-state index is 12.4. The van der Waals surface area contributed by atoms with Gasteiger partial charge in [-0.05, 0) is 35.4 Å². The zero-order valence-corrected chi connectivity index (χ0v) is 12.9. The quantitative estimate of drug-likeness (QED) is 0.782. The van der Waals surface area contributed by atoms with Gasteiger partial charge in [0.05, 0.1) is 6.42 Å². The highest BCUT2D eigenvalue weighted by molar-refractivity contribution is 6.30. The molecule has 0 aromatic heterocycles. The first-order chi connectivity index (χ1) is 10.8. The first kappa shape index (κ1) is 17.6. The van der Waals surface area contributed by atoms with Gasteiger partial charge in [0.25, 0.3) is 0 Å². The lowest BCUT2D eigenvalue weighted by Gasteiger charge is -2.17. The summed E-state index contributed by atoms with van der Waals surface area (Å²) in [6.45, 7) is 0.445. The van der Waals surface area contributed by atoms with Gasteiger partial charge < -0.3 is 4.74 Å². The summed E-state index contributed by atoms with van der Waals surface area (Å²) in [4.78, 5) is 0. The number of alkyl halides is 3. The molecule has 0 fully saturated rings. The fraction of sp³-hybridized carbons (Fsp3) is 0.250. The Hall–Kier alpha value is -1.76. The van der Waals surface area contributed by atoms with Crippen molar-refractivity contribution >= 4 is 11.6 Å². The van der Waals surface area contributed by atoms with E-state index in [9.17, 15) is 13.2 Å². The number of rotatable bonds is 6. The number of halogens is 4. The summed E-state index contributed by atoms with van der Waals surface area (Å²) in [7, 11) is 0. The van der Waals surface area contributed by atoms with Gasteiger partial charge in [-0.1, -0.05) is 35.9 Å². The number of nitrogens with one attached hydrogen (secondary N) is 1. The molecule has 1 unspecified atom stereocenters. The number of hydrogen-bond donors (Lipinski definition) is 2. The predicted molar refractivity (Wildman–Crippen MR) is 83.1 cm³/mol. The van der Waals surface area contributed by atoms with Gasteiger partial charge in [-0.25, -0.2) is 0 Å². The van der Waals surface area contributed by atoms with Gasteiger partial charge in [0, 0.05) is 11.6 Å². The molecule has 0 aliphatic rings. The molecular formula is C16H16ClF3N2O. The van der Waals surface area contributed by atoms with Gasteiger partial charge in [-0.15, -0.1) is 0 Å². The summed E-state index contributed by atoms with van der Waals surface area (Å²) >= 11 is 5.79. The third kappa shape index (κ3) is 6.48. The van der Waals surface area contributed by atoms with Crippen LogP contribution >= 0.6 is 11.6 Å². The van der Waals surface area contributed by atoms with E-state index < -0.39 is 18.9 Å². The summed E-state index contributed by atoms with van der Waals surface area (Å²) in [5.74, 6) is 0.280. The van der Waals surface area contributed by atoms with E-state index in [1.54, 1.807) is 18.2 Å². The molecule has 0 aliphatic heterocycles. The Morgan fingerprint density at radius 3 is 2.43 bits per heavy atom. The summed E-state index contributed by atoms with van der Waals surface area (Å²) in [6.07, 6.45) is -6.10. The topological polar surface area (TPSA) is 47.3 Å². The van der Waals surface area contributed by atoms with Crippen molar-refractivity contribution in [2.24, 2.45) is 5.73 Å². The first-order valence-electron chi connectivity index (χ1n) is 6.87. The third-order valence-electron chi connectivity index (χ3n) is 2.99. The lowest BCUT2D eigenvalue weighted by molar-refractivity contribution is -0.127. The smallest absolute Gasteiger partial charge is 0.393 e. The Morgan fingerprint density at radius 1 is 1.09 bits per heavy atom. The molecule has 124 valence electrons. The van der Waals surface area contributed by atoms with Crippen LogP contribution in [-0.4, -0.2) is 12.5 Å². The molecule has 0 saturated heterocycles. The van der Waals surface area contributed by atoms with E-state index in [2.05, 4.69) is 5.32 Å². The van der Waals surface area contributed by atoms with Gasteiger partial charge in [-0.3, -0.25) is 11.1 Å². The van der Waals surface area contributed by atoms with Crippen LogP contribution in [0.3, 0.4) is 0 Å². The minimum atomic E-state index is -4.26. The van der Waals surface area contributed by atoms with E-state index in [1.807, 2.05) is 12.1 Å². The fourth-order valence-corrected chi connectivity index (χ4v) is 2.10. The Kier molecular flexibility index (Phi) is 5.87. The highest BCUT2D eigenvalue weighted by atomic mass is 35.5. The van der Waals surface area contributed by atoms with Crippen LogP contribution in [0.15, 0.2) is 48.5 Å². The van der Waals surface area contributed by atoms with E-state index in [-0.39, 0.29) is 11.3 Å². The minimum Gasteiger partial charge on any atom is -0.463 e. The molecular weight excluding hydrogens is 329 g/mol. The average Bonchev–Trinajstić information content (AvgIpc) is 2.45. The van der Waals surface area contributed by atoms with E-state index in [1.165, 1.54) is 18.2 Å². The van der Waals surface area contributed by atoms with Crippen molar-refractivity contribution in [3.8, 4) is 5.75 Å². The Balaban J connectivity index is 1.88. The molecule has 0 amide bonds. The van der Waals surface area contributed by atoms with Crippen LogP contribution in [-0.2, 0) is 13.0 Å². The van der Waals surface area contributed by atoms with E-state index in [4.69, 9.17) is 22.1 Å². The van der Waals surface area contributed by atoms with Crippen molar-refractivity contribution in [3.63, 3.8) is 0 Å². The molecule has 23 heavy (non-hydrogen) atoms. The molecule has 2 aromatic rings. The second kappa shape index (κ2) is 7.68. The average molecular weight is 345 g/mol. The van der Waals surface area contributed by atoms with Gasteiger partial charge in [0.2, 0.25) is 6.35 Å². The Labute approximate surface area is 137 Å². The summed E-state index contributed by atoms with van der Waals surface area (Å²) in [5, 5.41) is 3.56. The van der Waals surface area contributed by atoms with Gasteiger partial charge in [0.15, 0.2) is 0 Å². The first-order valence-corrected chi connectivity index (χ1v) is 7.25. The van der Waals surface area contributed by atoms with Crippen LogP contribution in [0.5, 0.6) is 5.75 Å². The van der Waals surface area contributed by atoms with Crippen molar-refractivity contribution in [2.45, 2.75) is 25.5 Å². The molecule has 0 aliphatic carbocycles. The molecule has 0 radical (unpaired) electrons. The zero-order valence-electron chi connectivity index (χ0n) is 12.1. The van der Waals surface area contributed by atoms with Crippen molar-refractivity contribution in [1.29, 1.82) is 0 Å². The van der Waals surface area contributed by atoms with Crippen molar-refractivity contribution in [1.82, 2.24) is 5.32 Å². The lowest BCUT2D eigenvalue weighted by Crippen LogP contribution is -2.41. The second-order valence-corrected chi connectivity index (χ2v) is 5.42. The van der Waals surface area contributed by atoms with Gasteiger partial charge in [-0.2, -0.15) is 13.2 Å². The monoisotopic (exact) mass is 344 g/mol. The maximum absolute atomic E-state index is 12.4. The summed E-state index contributed by atoms with van der Waals surface area (Å²) in [6, 6.07) is 13.0. The number of benzene rings is 2. The molecule has 0 spiro atoms. The molecule has 0 saturated carbocycles.